The smallest absolute Gasteiger partial charge is 0.240 e. The van der Waals surface area contributed by atoms with Gasteiger partial charge in [0.1, 0.15) is 6.54 Å². The van der Waals surface area contributed by atoms with Crippen LogP contribution in [0, 0.1) is 29.6 Å². The van der Waals surface area contributed by atoms with E-state index in [9.17, 15) is 14.4 Å². The molecular formula is C22H26N2O3. The molecule has 5 atom stereocenters. The summed E-state index contributed by atoms with van der Waals surface area (Å²) in [4.78, 5) is 39.4. The molecule has 1 aromatic rings. The maximum absolute atomic E-state index is 12.7. The number of carbonyl (C=O) groups excluding carboxylic acids is 3. The maximum atomic E-state index is 12.7. The van der Waals surface area contributed by atoms with Crippen molar-refractivity contribution in [2.45, 2.75) is 32.7 Å². The number of nitrogens with one attached hydrogen (secondary N) is 1. The van der Waals surface area contributed by atoms with Crippen molar-refractivity contribution in [1.29, 1.82) is 0 Å². The molecule has 0 unspecified atom stereocenters. The van der Waals surface area contributed by atoms with E-state index in [1.54, 1.807) is 0 Å². The summed E-state index contributed by atoms with van der Waals surface area (Å²) < 4.78 is 0. The Labute approximate surface area is 159 Å². The van der Waals surface area contributed by atoms with Crippen LogP contribution in [0.2, 0.25) is 0 Å². The second kappa shape index (κ2) is 6.95. The Morgan fingerprint density at radius 1 is 1.07 bits per heavy atom. The summed E-state index contributed by atoms with van der Waals surface area (Å²) in [5.41, 5.74) is 1.04. The molecule has 1 aromatic carbocycles. The van der Waals surface area contributed by atoms with E-state index in [4.69, 9.17) is 0 Å². The van der Waals surface area contributed by atoms with Crippen LogP contribution in [-0.2, 0) is 14.4 Å². The summed E-state index contributed by atoms with van der Waals surface area (Å²) in [6.07, 6.45) is 5.83. The highest BCUT2D eigenvalue weighted by Gasteiger charge is 2.59. The van der Waals surface area contributed by atoms with Crippen LogP contribution >= 0.6 is 0 Å². The first kappa shape index (κ1) is 18.0. The van der Waals surface area contributed by atoms with Gasteiger partial charge in [0.25, 0.3) is 0 Å². The summed E-state index contributed by atoms with van der Waals surface area (Å²) >= 11 is 0. The molecule has 1 heterocycles. The maximum Gasteiger partial charge on any atom is 0.240 e. The molecule has 2 aliphatic carbocycles. The lowest BCUT2D eigenvalue weighted by atomic mass is 9.85. The standard InChI is InChI=1S/C22H26N2O3/c1-13(2)10-17(14-6-4-3-5-7-14)23-18(25)12-24-21(26)19-15-8-9-16(11-15)20(19)22(24)27/h3-9,13,15-17,19-20H,10-12H2,1-2H3,(H,23,25)/t15-,16-,17+,19-,20+/m0/s1. The van der Waals surface area contributed by atoms with Gasteiger partial charge in [-0.15, -0.1) is 0 Å². The summed E-state index contributed by atoms with van der Waals surface area (Å²) in [5, 5.41) is 3.04. The topological polar surface area (TPSA) is 66.5 Å². The third-order valence-corrected chi connectivity index (χ3v) is 6.11. The molecule has 1 saturated carbocycles. The molecule has 4 rings (SSSR count). The average molecular weight is 366 g/mol. The molecule has 1 aliphatic heterocycles. The van der Waals surface area contributed by atoms with Crippen molar-refractivity contribution in [2.75, 3.05) is 6.54 Å². The first-order chi connectivity index (χ1) is 13.0. The van der Waals surface area contributed by atoms with Crippen LogP contribution in [0.1, 0.15) is 38.3 Å². The molecule has 1 saturated heterocycles. The van der Waals surface area contributed by atoms with Crippen molar-refractivity contribution in [3.8, 4) is 0 Å². The number of hydrogen-bond acceptors (Lipinski definition) is 3. The Bertz CT molecular complexity index is 756. The van der Waals surface area contributed by atoms with Gasteiger partial charge in [0.2, 0.25) is 17.7 Å². The normalized spacial score (nSPS) is 29.5. The zero-order chi connectivity index (χ0) is 19.1. The van der Waals surface area contributed by atoms with E-state index in [-0.39, 0.29) is 54.0 Å². The Hall–Kier alpha value is -2.43. The lowest BCUT2D eigenvalue weighted by Gasteiger charge is -2.23. The van der Waals surface area contributed by atoms with Crippen molar-refractivity contribution in [2.24, 2.45) is 29.6 Å². The molecular weight excluding hydrogens is 340 g/mol. The Balaban J connectivity index is 1.44. The second-order valence-corrected chi connectivity index (χ2v) is 8.42. The van der Waals surface area contributed by atoms with E-state index < -0.39 is 0 Å². The number of nitrogens with zero attached hydrogens (tertiary/aromatic N) is 1. The predicted octanol–water partition coefficient (Wildman–Crippen LogP) is 2.70. The van der Waals surface area contributed by atoms with Gasteiger partial charge >= 0.3 is 0 Å². The van der Waals surface area contributed by atoms with Crippen molar-refractivity contribution < 1.29 is 14.4 Å². The minimum Gasteiger partial charge on any atom is -0.348 e. The molecule has 0 spiro atoms. The highest BCUT2D eigenvalue weighted by atomic mass is 16.2. The molecule has 1 N–H and O–H groups in total. The summed E-state index contributed by atoms with van der Waals surface area (Å²) in [7, 11) is 0. The van der Waals surface area contributed by atoms with Crippen LogP contribution in [0.25, 0.3) is 0 Å². The minimum atomic E-state index is -0.272. The number of hydrogen-bond donors (Lipinski definition) is 1. The minimum absolute atomic E-state index is 0.121. The molecule has 0 radical (unpaired) electrons. The van der Waals surface area contributed by atoms with Crippen LogP contribution < -0.4 is 5.32 Å². The van der Waals surface area contributed by atoms with Crippen LogP contribution in [0.15, 0.2) is 42.5 Å². The molecule has 3 aliphatic rings. The molecule has 5 heteroatoms. The number of benzene rings is 1. The number of carbonyl (C=O) groups is 3. The Kier molecular flexibility index (Phi) is 4.62. The molecule has 3 amide bonds. The van der Waals surface area contributed by atoms with Crippen LogP contribution in [-0.4, -0.2) is 29.2 Å². The number of allylic oxidation sites excluding steroid dienone is 2. The fraction of sp³-hybridized carbons (Fsp3) is 0.500. The van der Waals surface area contributed by atoms with E-state index in [1.807, 2.05) is 30.3 Å². The zero-order valence-corrected chi connectivity index (χ0v) is 15.8. The quantitative estimate of drug-likeness (QED) is 0.622. The molecule has 142 valence electrons. The van der Waals surface area contributed by atoms with Gasteiger partial charge in [-0.2, -0.15) is 0 Å². The van der Waals surface area contributed by atoms with Gasteiger partial charge in [-0.05, 0) is 36.2 Å². The highest BCUT2D eigenvalue weighted by Crippen LogP contribution is 2.52. The van der Waals surface area contributed by atoms with Gasteiger partial charge in [-0.3, -0.25) is 19.3 Å². The average Bonchev–Trinajstić information content (AvgIpc) is 3.32. The molecule has 2 bridgehead atoms. The van der Waals surface area contributed by atoms with Gasteiger partial charge in [-0.1, -0.05) is 56.3 Å². The fourth-order valence-electron chi connectivity index (χ4n) is 4.94. The lowest BCUT2D eigenvalue weighted by molar-refractivity contribution is -0.144. The summed E-state index contributed by atoms with van der Waals surface area (Å²) in [6, 6.07) is 9.71. The van der Waals surface area contributed by atoms with E-state index >= 15 is 0 Å². The van der Waals surface area contributed by atoms with Gasteiger partial charge in [-0.25, -0.2) is 0 Å². The van der Waals surface area contributed by atoms with Crippen LogP contribution in [0.4, 0.5) is 0 Å². The van der Waals surface area contributed by atoms with Crippen molar-refractivity contribution in [1.82, 2.24) is 10.2 Å². The van der Waals surface area contributed by atoms with Crippen LogP contribution in [0.5, 0.6) is 0 Å². The van der Waals surface area contributed by atoms with E-state index in [2.05, 4.69) is 31.3 Å². The Morgan fingerprint density at radius 3 is 2.22 bits per heavy atom. The summed E-state index contributed by atoms with van der Waals surface area (Å²) in [6.45, 7) is 4.05. The first-order valence-electron chi connectivity index (χ1n) is 9.83. The first-order valence-corrected chi connectivity index (χ1v) is 9.83. The number of imide groups is 1. The predicted molar refractivity (Wildman–Crippen MR) is 101 cm³/mol. The number of likely N-dealkylation sites (tertiary alicyclic amines) is 1. The molecule has 27 heavy (non-hydrogen) atoms. The second-order valence-electron chi connectivity index (χ2n) is 8.42. The molecule has 2 fully saturated rings. The van der Waals surface area contributed by atoms with Crippen molar-refractivity contribution >= 4 is 17.7 Å². The van der Waals surface area contributed by atoms with Gasteiger partial charge < -0.3 is 5.32 Å². The summed E-state index contributed by atoms with van der Waals surface area (Å²) in [5.74, 6) is -0.362. The largest absolute Gasteiger partial charge is 0.348 e. The number of fused-ring (bicyclic) bond motifs is 5. The SMILES string of the molecule is CC(C)C[C@@H](NC(=O)CN1C(=O)[C@@H]2[C@H](C1=O)[C@H]1C=C[C@H]2C1)c1ccccc1. The highest BCUT2D eigenvalue weighted by molar-refractivity contribution is 6.08. The zero-order valence-electron chi connectivity index (χ0n) is 15.8. The van der Waals surface area contributed by atoms with Crippen LogP contribution in [0.3, 0.4) is 0 Å². The monoisotopic (exact) mass is 366 g/mol. The Morgan fingerprint density at radius 2 is 1.67 bits per heavy atom. The molecule has 0 aromatic heterocycles. The third-order valence-electron chi connectivity index (χ3n) is 6.11. The fourth-order valence-corrected chi connectivity index (χ4v) is 4.94. The lowest BCUT2D eigenvalue weighted by Crippen LogP contribution is -2.43. The van der Waals surface area contributed by atoms with E-state index in [0.717, 1.165) is 18.4 Å². The van der Waals surface area contributed by atoms with Gasteiger partial charge in [0, 0.05) is 0 Å². The number of amides is 3. The number of rotatable bonds is 6. The van der Waals surface area contributed by atoms with Gasteiger partial charge in [0.05, 0.1) is 17.9 Å². The van der Waals surface area contributed by atoms with Crippen molar-refractivity contribution in [3.05, 3.63) is 48.0 Å². The van der Waals surface area contributed by atoms with Crippen molar-refractivity contribution in [3.63, 3.8) is 0 Å². The van der Waals surface area contributed by atoms with E-state index in [1.165, 1.54) is 4.90 Å². The third kappa shape index (κ3) is 3.20. The van der Waals surface area contributed by atoms with E-state index in [0.29, 0.717) is 5.92 Å². The van der Waals surface area contributed by atoms with Gasteiger partial charge in [0.15, 0.2) is 0 Å². The molecule has 5 nitrogen and oxygen atoms in total.